The summed E-state index contributed by atoms with van der Waals surface area (Å²) < 4.78 is 1.48. The van der Waals surface area contributed by atoms with Gasteiger partial charge in [-0.25, -0.2) is 4.98 Å². The van der Waals surface area contributed by atoms with Crippen molar-refractivity contribution in [3.05, 3.63) is 55.5 Å². The van der Waals surface area contributed by atoms with Crippen molar-refractivity contribution in [2.45, 2.75) is 18.6 Å². The van der Waals surface area contributed by atoms with Gasteiger partial charge in [-0.15, -0.1) is 0 Å². The summed E-state index contributed by atoms with van der Waals surface area (Å²) in [5.41, 5.74) is 0.348. The fourth-order valence-corrected chi connectivity index (χ4v) is 3.67. The van der Waals surface area contributed by atoms with Gasteiger partial charge in [-0.2, -0.15) is 0 Å². The Morgan fingerprint density at radius 3 is 3.00 bits per heavy atom. The highest BCUT2D eigenvalue weighted by atomic mass is 35.5. The third-order valence-electron chi connectivity index (χ3n) is 3.78. The van der Waals surface area contributed by atoms with Gasteiger partial charge >= 0.3 is 0 Å². The molecule has 130 valence electrons. The molecule has 0 saturated carbocycles. The first kappa shape index (κ1) is 17.4. The van der Waals surface area contributed by atoms with Crippen LogP contribution in [0, 0.1) is 23.0 Å². The van der Waals surface area contributed by atoms with Crippen LogP contribution in [0.15, 0.2) is 34.3 Å². The van der Waals surface area contributed by atoms with Crippen LogP contribution in [-0.4, -0.2) is 26.1 Å². The van der Waals surface area contributed by atoms with Crippen LogP contribution in [0.1, 0.15) is 5.56 Å². The van der Waals surface area contributed by atoms with Crippen molar-refractivity contribution in [2.75, 3.05) is 11.1 Å². The van der Waals surface area contributed by atoms with Crippen LogP contribution in [0.5, 0.6) is 0 Å². The number of hydrogen-bond acceptors (Lipinski definition) is 6. The van der Waals surface area contributed by atoms with Crippen molar-refractivity contribution in [2.24, 2.45) is 5.92 Å². The number of carbonyl (C=O) groups excluding carboxylic acids is 1. The number of benzene rings is 1. The van der Waals surface area contributed by atoms with E-state index in [0.29, 0.717) is 16.5 Å². The SMILES string of the molecule is Cc1cnc2n(c1=O)CC(C(=O)Nc1ccc(Cl)c([N+](=O)[O-])c1)CS2. The first-order valence-corrected chi connectivity index (χ1v) is 8.67. The predicted molar refractivity (Wildman–Crippen MR) is 94.2 cm³/mol. The summed E-state index contributed by atoms with van der Waals surface area (Å²) in [6.07, 6.45) is 1.52. The maximum absolute atomic E-state index is 12.5. The second-order valence-electron chi connectivity index (χ2n) is 5.56. The van der Waals surface area contributed by atoms with E-state index in [1.165, 1.54) is 40.7 Å². The molecule has 8 nitrogen and oxygen atoms in total. The Kier molecular flexibility index (Phi) is 4.78. The average Bonchev–Trinajstić information content (AvgIpc) is 2.59. The molecule has 3 rings (SSSR count). The van der Waals surface area contributed by atoms with Crippen LogP contribution >= 0.6 is 23.4 Å². The zero-order valence-corrected chi connectivity index (χ0v) is 14.6. The van der Waals surface area contributed by atoms with Gasteiger partial charge in [-0.1, -0.05) is 23.4 Å². The van der Waals surface area contributed by atoms with Gasteiger partial charge in [0, 0.05) is 35.8 Å². The minimum Gasteiger partial charge on any atom is -0.326 e. The van der Waals surface area contributed by atoms with Gasteiger partial charge < -0.3 is 5.32 Å². The molecule has 10 heteroatoms. The lowest BCUT2D eigenvalue weighted by Gasteiger charge is -2.24. The number of nitro groups is 1. The molecule has 0 spiro atoms. The number of nitrogens with zero attached hydrogens (tertiary/aromatic N) is 3. The molecule has 2 aromatic rings. The lowest BCUT2D eigenvalue weighted by Crippen LogP contribution is -2.37. The fourth-order valence-electron chi connectivity index (χ4n) is 2.43. The molecule has 0 fully saturated rings. The Bertz CT molecular complexity index is 930. The number of aryl methyl sites for hydroxylation is 1. The third-order valence-corrected chi connectivity index (χ3v) is 5.25. The lowest BCUT2D eigenvalue weighted by atomic mass is 10.1. The van der Waals surface area contributed by atoms with Gasteiger partial charge in [0.25, 0.3) is 11.2 Å². The smallest absolute Gasteiger partial charge is 0.289 e. The number of anilines is 1. The number of thioether (sulfide) groups is 1. The molecule has 1 aliphatic heterocycles. The number of halogens is 1. The Morgan fingerprint density at radius 2 is 2.28 bits per heavy atom. The molecule has 1 N–H and O–H groups in total. The minimum absolute atomic E-state index is 0.00162. The molecule has 0 bridgehead atoms. The molecule has 1 aromatic carbocycles. The first-order chi connectivity index (χ1) is 11.9. The summed E-state index contributed by atoms with van der Waals surface area (Å²) in [5.74, 6) is -0.298. The number of amides is 1. The molecule has 1 amide bonds. The molecule has 0 saturated heterocycles. The maximum atomic E-state index is 12.5. The van der Waals surface area contributed by atoms with E-state index in [4.69, 9.17) is 11.6 Å². The van der Waals surface area contributed by atoms with E-state index in [0.717, 1.165) is 0 Å². The monoisotopic (exact) mass is 380 g/mol. The van der Waals surface area contributed by atoms with Crippen LogP contribution in [0.4, 0.5) is 11.4 Å². The van der Waals surface area contributed by atoms with Gasteiger partial charge in [0.15, 0.2) is 5.16 Å². The molecule has 1 unspecified atom stereocenters. The van der Waals surface area contributed by atoms with Gasteiger partial charge in [0.05, 0.1) is 10.8 Å². The van der Waals surface area contributed by atoms with E-state index in [2.05, 4.69) is 10.3 Å². The Morgan fingerprint density at radius 1 is 1.52 bits per heavy atom. The van der Waals surface area contributed by atoms with E-state index in [-0.39, 0.29) is 34.4 Å². The molecule has 0 aliphatic carbocycles. The van der Waals surface area contributed by atoms with Gasteiger partial charge in [0.2, 0.25) is 5.91 Å². The Labute approximate surface area is 151 Å². The van der Waals surface area contributed by atoms with Crippen LogP contribution in [0.2, 0.25) is 5.02 Å². The zero-order chi connectivity index (χ0) is 18.1. The zero-order valence-electron chi connectivity index (χ0n) is 13.1. The lowest BCUT2D eigenvalue weighted by molar-refractivity contribution is -0.384. The number of fused-ring (bicyclic) bond motifs is 1. The standard InChI is InChI=1S/C15H13ClN4O4S/c1-8-5-17-15-19(14(8)22)6-9(7-25-15)13(21)18-10-2-3-11(16)12(4-10)20(23)24/h2-5,9H,6-7H2,1H3,(H,18,21). The number of aromatic nitrogens is 2. The molecule has 1 aliphatic rings. The number of carbonyl (C=O) groups is 1. The van der Waals surface area contributed by atoms with Crippen molar-refractivity contribution < 1.29 is 9.72 Å². The highest BCUT2D eigenvalue weighted by Crippen LogP contribution is 2.29. The van der Waals surface area contributed by atoms with E-state index in [1.807, 2.05) is 0 Å². The second-order valence-corrected chi connectivity index (χ2v) is 6.95. The normalized spacial score (nSPS) is 16.2. The number of rotatable bonds is 3. The Hall–Kier alpha value is -2.39. The van der Waals surface area contributed by atoms with E-state index in [1.54, 1.807) is 6.92 Å². The average molecular weight is 381 g/mol. The van der Waals surface area contributed by atoms with Gasteiger partial charge in [0.1, 0.15) is 5.02 Å². The van der Waals surface area contributed by atoms with E-state index >= 15 is 0 Å². The fraction of sp³-hybridized carbons (Fsp3) is 0.267. The summed E-state index contributed by atoms with van der Waals surface area (Å²) >= 11 is 7.09. The van der Waals surface area contributed by atoms with Crippen LogP contribution in [0.3, 0.4) is 0 Å². The predicted octanol–water partition coefficient (Wildman–Crippen LogP) is 2.47. The number of nitro benzene ring substituents is 1. The first-order valence-electron chi connectivity index (χ1n) is 7.31. The molecule has 0 radical (unpaired) electrons. The molecule has 1 aromatic heterocycles. The summed E-state index contributed by atoms with van der Waals surface area (Å²) in [7, 11) is 0. The second kappa shape index (κ2) is 6.85. The van der Waals surface area contributed by atoms with Crippen LogP contribution < -0.4 is 10.9 Å². The third kappa shape index (κ3) is 3.52. The molecule has 1 atom stereocenters. The largest absolute Gasteiger partial charge is 0.326 e. The summed E-state index contributed by atoms with van der Waals surface area (Å²) in [6, 6.07) is 4.06. The minimum atomic E-state index is -0.612. The molecular formula is C15H13ClN4O4S. The van der Waals surface area contributed by atoms with Gasteiger partial charge in [-0.3, -0.25) is 24.3 Å². The van der Waals surface area contributed by atoms with Crippen LogP contribution in [-0.2, 0) is 11.3 Å². The van der Waals surface area contributed by atoms with Crippen LogP contribution in [0.25, 0.3) is 0 Å². The summed E-state index contributed by atoms with van der Waals surface area (Å²) in [4.78, 5) is 39.2. The van der Waals surface area contributed by atoms with Crippen molar-refractivity contribution in [3.63, 3.8) is 0 Å². The van der Waals surface area contributed by atoms with Crippen molar-refractivity contribution in [1.82, 2.24) is 9.55 Å². The van der Waals surface area contributed by atoms with Crippen molar-refractivity contribution >= 4 is 40.6 Å². The Balaban J connectivity index is 1.79. The van der Waals surface area contributed by atoms with Crippen molar-refractivity contribution in [3.8, 4) is 0 Å². The molecular weight excluding hydrogens is 368 g/mol. The molecule has 25 heavy (non-hydrogen) atoms. The van der Waals surface area contributed by atoms with E-state index < -0.39 is 10.8 Å². The topological polar surface area (TPSA) is 107 Å². The summed E-state index contributed by atoms with van der Waals surface area (Å²) in [5, 5.41) is 14.2. The van der Waals surface area contributed by atoms with Crippen molar-refractivity contribution in [1.29, 1.82) is 0 Å². The van der Waals surface area contributed by atoms with E-state index in [9.17, 15) is 19.7 Å². The highest BCUT2D eigenvalue weighted by molar-refractivity contribution is 7.99. The summed E-state index contributed by atoms with van der Waals surface area (Å²) in [6.45, 7) is 1.89. The maximum Gasteiger partial charge on any atom is 0.289 e. The highest BCUT2D eigenvalue weighted by Gasteiger charge is 2.27. The van der Waals surface area contributed by atoms with Gasteiger partial charge in [-0.05, 0) is 19.1 Å². The quantitative estimate of drug-likeness (QED) is 0.498. The number of hydrogen-bond donors (Lipinski definition) is 1. The molecule has 2 heterocycles. The number of nitrogens with one attached hydrogen (secondary N) is 1.